The molecule has 2 aromatic heterocycles. The lowest BCUT2D eigenvalue weighted by molar-refractivity contribution is -0.172. The van der Waals surface area contributed by atoms with E-state index in [1.165, 1.54) is 0 Å². The van der Waals surface area contributed by atoms with Crippen LogP contribution in [0.25, 0.3) is 0 Å². The number of ether oxygens (including phenoxy) is 1. The van der Waals surface area contributed by atoms with Gasteiger partial charge in [0.15, 0.2) is 6.10 Å². The van der Waals surface area contributed by atoms with Crippen molar-refractivity contribution in [3.63, 3.8) is 0 Å². The summed E-state index contributed by atoms with van der Waals surface area (Å²) in [7, 11) is 1.88. The van der Waals surface area contributed by atoms with E-state index in [4.69, 9.17) is 4.74 Å². The molecule has 8 nitrogen and oxygen atoms in total. The number of nitrogens with zero attached hydrogens (tertiary/aromatic N) is 4. The lowest BCUT2D eigenvalue weighted by Gasteiger charge is -2.45. The summed E-state index contributed by atoms with van der Waals surface area (Å²) in [5.74, 6) is 1.18. The zero-order valence-electron chi connectivity index (χ0n) is 17.3. The van der Waals surface area contributed by atoms with E-state index in [9.17, 15) is 9.59 Å². The van der Waals surface area contributed by atoms with Crippen molar-refractivity contribution in [2.75, 3.05) is 19.6 Å². The van der Waals surface area contributed by atoms with Crippen molar-refractivity contribution in [2.45, 2.75) is 44.9 Å². The van der Waals surface area contributed by atoms with Gasteiger partial charge in [0.05, 0.1) is 6.54 Å². The third kappa shape index (κ3) is 3.69. The summed E-state index contributed by atoms with van der Waals surface area (Å²) in [6.07, 6.45) is 6.23. The van der Waals surface area contributed by atoms with Crippen molar-refractivity contribution in [1.29, 1.82) is 0 Å². The van der Waals surface area contributed by atoms with Crippen LogP contribution in [0.2, 0.25) is 0 Å². The SMILES string of the molecule is CC(C)CNC(=O)C1Cn2ccnc2C2(CCN(C(=O)c3cccn3C)CC2)O1. The van der Waals surface area contributed by atoms with Crippen LogP contribution in [0.1, 0.15) is 43.0 Å². The number of aryl methyl sites for hydroxylation is 1. The fourth-order valence-electron chi connectivity index (χ4n) is 4.21. The zero-order chi connectivity index (χ0) is 20.6. The van der Waals surface area contributed by atoms with Gasteiger partial charge >= 0.3 is 0 Å². The van der Waals surface area contributed by atoms with E-state index in [0.717, 1.165) is 5.82 Å². The number of carbonyl (C=O) groups excluding carboxylic acids is 2. The molecule has 1 saturated heterocycles. The summed E-state index contributed by atoms with van der Waals surface area (Å²) in [4.78, 5) is 31.9. The summed E-state index contributed by atoms with van der Waals surface area (Å²) in [5, 5.41) is 2.98. The number of nitrogens with one attached hydrogen (secondary N) is 1. The predicted octanol–water partition coefficient (Wildman–Crippen LogP) is 1.52. The smallest absolute Gasteiger partial charge is 0.270 e. The Labute approximate surface area is 170 Å². The van der Waals surface area contributed by atoms with Gasteiger partial charge in [-0.3, -0.25) is 9.59 Å². The minimum atomic E-state index is -0.632. The van der Waals surface area contributed by atoms with Crippen molar-refractivity contribution in [3.8, 4) is 0 Å². The highest BCUT2D eigenvalue weighted by atomic mass is 16.5. The number of piperidine rings is 1. The average Bonchev–Trinajstić information content (AvgIpc) is 3.35. The number of rotatable bonds is 4. The first kappa shape index (κ1) is 19.7. The third-order valence-corrected chi connectivity index (χ3v) is 5.85. The van der Waals surface area contributed by atoms with Crippen molar-refractivity contribution < 1.29 is 14.3 Å². The average molecular weight is 399 g/mol. The highest BCUT2D eigenvalue weighted by Crippen LogP contribution is 2.40. The second-order valence-corrected chi connectivity index (χ2v) is 8.44. The van der Waals surface area contributed by atoms with E-state index in [0.29, 0.717) is 50.6 Å². The summed E-state index contributed by atoms with van der Waals surface area (Å²) < 4.78 is 10.3. The molecule has 1 spiro atoms. The van der Waals surface area contributed by atoms with Crippen LogP contribution in [-0.4, -0.2) is 56.6 Å². The second kappa shape index (κ2) is 7.67. The summed E-state index contributed by atoms with van der Waals surface area (Å²) >= 11 is 0. The molecule has 2 aromatic rings. The lowest BCUT2D eigenvalue weighted by Crippen LogP contribution is -2.55. The number of imidazole rings is 1. The molecule has 2 aliphatic heterocycles. The van der Waals surface area contributed by atoms with E-state index in [2.05, 4.69) is 24.1 Å². The number of fused-ring (bicyclic) bond motifs is 2. The van der Waals surface area contributed by atoms with E-state index in [1.54, 1.807) is 6.20 Å². The maximum Gasteiger partial charge on any atom is 0.270 e. The fourth-order valence-corrected chi connectivity index (χ4v) is 4.21. The molecule has 29 heavy (non-hydrogen) atoms. The van der Waals surface area contributed by atoms with Gasteiger partial charge in [-0.15, -0.1) is 0 Å². The van der Waals surface area contributed by atoms with Crippen LogP contribution in [0.3, 0.4) is 0 Å². The van der Waals surface area contributed by atoms with E-state index in [-0.39, 0.29) is 11.8 Å². The maximum atomic E-state index is 12.8. The van der Waals surface area contributed by atoms with Crippen LogP contribution < -0.4 is 5.32 Å². The normalized spacial score (nSPS) is 20.7. The molecule has 4 rings (SSSR count). The molecule has 0 aromatic carbocycles. The summed E-state index contributed by atoms with van der Waals surface area (Å²) in [6, 6.07) is 3.71. The van der Waals surface area contributed by atoms with Crippen LogP contribution in [0.4, 0.5) is 0 Å². The molecule has 0 aliphatic carbocycles. The van der Waals surface area contributed by atoms with Gasteiger partial charge in [-0.25, -0.2) is 4.98 Å². The molecule has 4 heterocycles. The number of hydrogen-bond acceptors (Lipinski definition) is 4. The van der Waals surface area contributed by atoms with E-state index < -0.39 is 11.7 Å². The highest BCUT2D eigenvalue weighted by molar-refractivity contribution is 5.92. The minimum absolute atomic E-state index is 0.0257. The van der Waals surface area contributed by atoms with E-state index in [1.807, 2.05) is 45.6 Å². The quantitative estimate of drug-likeness (QED) is 0.845. The molecule has 8 heteroatoms. The second-order valence-electron chi connectivity index (χ2n) is 8.44. The van der Waals surface area contributed by atoms with E-state index >= 15 is 0 Å². The van der Waals surface area contributed by atoms with Gasteiger partial charge in [-0.2, -0.15) is 0 Å². The molecule has 156 valence electrons. The van der Waals surface area contributed by atoms with Crippen molar-refractivity contribution in [1.82, 2.24) is 24.3 Å². The zero-order valence-corrected chi connectivity index (χ0v) is 17.3. The molecular weight excluding hydrogens is 370 g/mol. The Morgan fingerprint density at radius 2 is 2.07 bits per heavy atom. The van der Waals surface area contributed by atoms with Gasteiger partial charge in [0.1, 0.15) is 17.1 Å². The number of hydrogen-bond donors (Lipinski definition) is 1. The number of carbonyl (C=O) groups is 2. The Bertz CT molecular complexity index is 892. The number of aromatic nitrogens is 3. The first-order valence-electron chi connectivity index (χ1n) is 10.3. The number of amides is 2. The first-order valence-corrected chi connectivity index (χ1v) is 10.3. The Kier molecular flexibility index (Phi) is 5.21. The minimum Gasteiger partial charge on any atom is -0.354 e. The largest absolute Gasteiger partial charge is 0.354 e. The molecule has 0 radical (unpaired) electrons. The third-order valence-electron chi connectivity index (χ3n) is 5.85. The monoisotopic (exact) mass is 399 g/mol. The molecule has 1 fully saturated rings. The topological polar surface area (TPSA) is 81.4 Å². The van der Waals surface area contributed by atoms with Gasteiger partial charge < -0.3 is 24.1 Å². The molecule has 0 saturated carbocycles. The highest BCUT2D eigenvalue weighted by Gasteiger charge is 2.47. The van der Waals surface area contributed by atoms with Gasteiger partial charge in [0.25, 0.3) is 11.8 Å². The van der Waals surface area contributed by atoms with Crippen molar-refractivity contribution >= 4 is 11.8 Å². The molecule has 1 atom stereocenters. The number of likely N-dealkylation sites (tertiary alicyclic amines) is 1. The fraction of sp³-hybridized carbons (Fsp3) is 0.571. The van der Waals surface area contributed by atoms with Crippen LogP contribution in [0, 0.1) is 5.92 Å². The van der Waals surface area contributed by atoms with Crippen LogP contribution in [0.5, 0.6) is 0 Å². The Morgan fingerprint density at radius 1 is 1.31 bits per heavy atom. The van der Waals surface area contributed by atoms with Crippen molar-refractivity contribution in [3.05, 3.63) is 42.2 Å². The summed E-state index contributed by atoms with van der Waals surface area (Å²) in [6.45, 7) is 6.36. The predicted molar refractivity (Wildman–Crippen MR) is 107 cm³/mol. The maximum absolute atomic E-state index is 12.8. The Hall–Kier alpha value is -2.61. The lowest BCUT2D eigenvalue weighted by atomic mass is 9.88. The molecule has 2 aliphatic rings. The Balaban J connectivity index is 1.49. The van der Waals surface area contributed by atoms with Crippen LogP contribution in [0.15, 0.2) is 30.7 Å². The van der Waals surface area contributed by atoms with Crippen LogP contribution in [-0.2, 0) is 28.7 Å². The molecular formula is C21H29N5O3. The first-order chi connectivity index (χ1) is 13.9. The standard InChI is InChI=1S/C21H29N5O3/c1-15(2)13-23-18(27)17-14-26-12-8-22-20(26)21(29-17)6-10-25(11-7-21)19(28)16-5-4-9-24(16)3/h4-5,8-9,12,15,17H,6-7,10-11,13-14H2,1-3H3,(H,23,27). The van der Waals surface area contributed by atoms with Gasteiger partial charge in [0, 0.05) is 58.1 Å². The molecule has 0 bridgehead atoms. The van der Waals surface area contributed by atoms with Crippen LogP contribution >= 0.6 is 0 Å². The molecule has 1 N–H and O–H groups in total. The van der Waals surface area contributed by atoms with Crippen molar-refractivity contribution in [2.24, 2.45) is 13.0 Å². The molecule has 2 amide bonds. The summed E-state index contributed by atoms with van der Waals surface area (Å²) in [5.41, 5.74) is 0.0463. The van der Waals surface area contributed by atoms with Gasteiger partial charge in [-0.05, 0) is 18.1 Å². The Morgan fingerprint density at radius 3 is 2.72 bits per heavy atom. The van der Waals surface area contributed by atoms with Gasteiger partial charge in [0.2, 0.25) is 0 Å². The van der Waals surface area contributed by atoms with Gasteiger partial charge in [-0.1, -0.05) is 13.8 Å². The molecule has 1 unspecified atom stereocenters.